The van der Waals surface area contributed by atoms with Gasteiger partial charge in [-0.25, -0.2) is 4.98 Å². The Morgan fingerprint density at radius 1 is 0.533 bits per heavy atom. The molecule has 2 aliphatic carbocycles. The molecule has 0 fully saturated rings. The van der Waals surface area contributed by atoms with Crippen LogP contribution in [0.2, 0.25) is 0 Å². The summed E-state index contributed by atoms with van der Waals surface area (Å²) in [4.78, 5) is 3.47. The van der Waals surface area contributed by atoms with Crippen molar-refractivity contribution in [3.05, 3.63) is 114 Å². The Morgan fingerprint density at radius 2 is 1.17 bits per heavy atom. The minimum absolute atomic E-state index is 0.812. The van der Waals surface area contributed by atoms with E-state index in [0.29, 0.717) is 0 Å². The van der Waals surface area contributed by atoms with E-state index >= 15 is 0 Å². The van der Waals surface area contributed by atoms with E-state index in [4.69, 9.17) is 8.83 Å². The second-order valence-electron chi connectivity index (χ2n) is 7.00. The van der Waals surface area contributed by atoms with Crippen molar-refractivity contribution in [1.82, 2.24) is 0 Å². The number of aromatic amines is 1. The van der Waals surface area contributed by atoms with Gasteiger partial charge in [0.05, 0.1) is 12.5 Å². The van der Waals surface area contributed by atoms with Crippen LogP contribution in [0, 0.1) is 0 Å². The number of fused-ring (bicyclic) bond motifs is 1. The zero-order chi connectivity index (χ0) is 20.2. The molecule has 0 saturated heterocycles. The Kier molecular flexibility index (Phi) is 4.84. The van der Waals surface area contributed by atoms with Gasteiger partial charge in [-0.15, -0.1) is 0 Å². The van der Waals surface area contributed by atoms with Crippen LogP contribution < -0.4 is 4.98 Å². The maximum atomic E-state index is 5.43. The number of hydrogen-bond acceptors (Lipinski definition) is 2. The molecule has 5 rings (SSSR count). The van der Waals surface area contributed by atoms with Gasteiger partial charge >= 0.3 is 0 Å². The molecule has 3 heterocycles. The topological polar surface area (TPSA) is 40.4 Å². The molecule has 0 aliphatic heterocycles. The maximum Gasteiger partial charge on any atom is 0.204 e. The molecule has 144 valence electrons. The highest BCUT2D eigenvalue weighted by Crippen LogP contribution is 2.35. The van der Waals surface area contributed by atoms with Crippen molar-refractivity contribution in [2.75, 3.05) is 0 Å². The molecule has 0 bridgehead atoms. The Bertz CT molecular complexity index is 1220. The second kappa shape index (κ2) is 8.10. The molecular weight excluding hydrogens is 370 g/mol. The van der Waals surface area contributed by atoms with E-state index < -0.39 is 0 Å². The molecule has 0 amide bonds. The SMILES string of the molecule is C(=C\c1ccco1)/c1cc(-c2ccc3cccccc2-3)cc(/C=C/c2ccco2)[nH+]1. The summed E-state index contributed by atoms with van der Waals surface area (Å²) in [5.41, 5.74) is 6.77. The van der Waals surface area contributed by atoms with Crippen LogP contribution in [0.15, 0.2) is 100 Å². The van der Waals surface area contributed by atoms with Crippen LogP contribution in [0.1, 0.15) is 22.9 Å². The summed E-state index contributed by atoms with van der Waals surface area (Å²) in [6.45, 7) is 0. The third kappa shape index (κ3) is 3.87. The van der Waals surface area contributed by atoms with Gasteiger partial charge in [0.2, 0.25) is 11.4 Å². The highest BCUT2D eigenvalue weighted by Gasteiger charge is 2.14. The van der Waals surface area contributed by atoms with E-state index in [1.807, 2.05) is 48.6 Å². The Labute approximate surface area is 175 Å². The highest BCUT2D eigenvalue weighted by molar-refractivity contribution is 5.87. The maximum absolute atomic E-state index is 5.43. The zero-order valence-electron chi connectivity index (χ0n) is 16.3. The van der Waals surface area contributed by atoms with Crippen molar-refractivity contribution >= 4 is 24.3 Å². The lowest BCUT2D eigenvalue weighted by Gasteiger charge is -2.03. The van der Waals surface area contributed by atoms with E-state index in [0.717, 1.165) is 28.5 Å². The van der Waals surface area contributed by atoms with Crippen LogP contribution in [0.4, 0.5) is 0 Å². The van der Waals surface area contributed by atoms with Gasteiger partial charge in [-0.3, -0.25) is 0 Å². The average molecular weight is 390 g/mol. The fraction of sp³-hybridized carbons (Fsp3) is 0. The Morgan fingerprint density at radius 3 is 1.80 bits per heavy atom. The third-order valence-corrected chi connectivity index (χ3v) is 4.95. The van der Waals surface area contributed by atoms with Gasteiger partial charge < -0.3 is 8.83 Å². The van der Waals surface area contributed by atoms with Crippen LogP contribution in [0.5, 0.6) is 0 Å². The summed E-state index contributed by atoms with van der Waals surface area (Å²) >= 11 is 0. The fourth-order valence-corrected chi connectivity index (χ4v) is 3.53. The largest absolute Gasteiger partial charge is 0.465 e. The van der Waals surface area contributed by atoms with Gasteiger partial charge in [0, 0.05) is 24.3 Å². The van der Waals surface area contributed by atoms with Gasteiger partial charge in [-0.2, -0.15) is 0 Å². The molecule has 3 nitrogen and oxygen atoms in total. The third-order valence-electron chi connectivity index (χ3n) is 4.95. The summed E-state index contributed by atoms with van der Waals surface area (Å²) in [6.07, 6.45) is 11.3. The summed E-state index contributed by atoms with van der Waals surface area (Å²) in [6, 6.07) is 26.8. The molecule has 30 heavy (non-hydrogen) atoms. The number of pyridine rings is 1. The van der Waals surface area contributed by atoms with Crippen molar-refractivity contribution in [3.63, 3.8) is 0 Å². The van der Waals surface area contributed by atoms with Gasteiger partial charge in [-0.1, -0.05) is 42.5 Å². The number of aromatic nitrogens is 1. The second-order valence-corrected chi connectivity index (χ2v) is 7.00. The Balaban J connectivity index is 1.59. The van der Waals surface area contributed by atoms with Crippen LogP contribution in [0.25, 0.3) is 46.6 Å². The first kappa shape index (κ1) is 18.0. The van der Waals surface area contributed by atoms with Gasteiger partial charge in [-0.05, 0) is 58.7 Å². The van der Waals surface area contributed by atoms with Crippen LogP contribution in [0.3, 0.4) is 0 Å². The van der Waals surface area contributed by atoms with Crippen molar-refractivity contribution in [1.29, 1.82) is 0 Å². The first-order chi connectivity index (χ1) is 14.8. The van der Waals surface area contributed by atoms with Crippen LogP contribution >= 0.6 is 0 Å². The van der Waals surface area contributed by atoms with Crippen molar-refractivity contribution in [2.24, 2.45) is 0 Å². The molecule has 0 aromatic carbocycles. The average Bonchev–Trinajstić information content (AvgIpc) is 3.51. The lowest BCUT2D eigenvalue weighted by atomic mass is 10.0. The minimum atomic E-state index is 0.812. The first-order valence-corrected chi connectivity index (χ1v) is 9.84. The monoisotopic (exact) mass is 390 g/mol. The van der Waals surface area contributed by atoms with Gasteiger partial charge in [0.25, 0.3) is 0 Å². The van der Waals surface area contributed by atoms with E-state index in [-0.39, 0.29) is 0 Å². The summed E-state index contributed by atoms with van der Waals surface area (Å²) in [5, 5.41) is 0. The van der Waals surface area contributed by atoms with Crippen molar-refractivity contribution in [3.8, 4) is 22.3 Å². The minimum Gasteiger partial charge on any atom is -0.465 e. The van der Waals surface area contributed by atoms with E-state index in [2.05, 4.69) is 59.6 Å². The van der Waals surface area contributed by atoms with E-state index in [1.165, 1.54) is 16.7 Å². The number of rotatable bonds is 5. The smallest absolute Gasteiger partial charge is 0.204 e. The molecule has 1 N–H and O–H groups in total. The lowest BCUT2D eigenvalue weighted by Crippen LogP contribution is -2.11. The first-order valence-electron chi connectivity index (χ1n) is 9.84. The molecule has 0 atom stereocenters. The molecule has 3 heteroatoms. The summed E-state index contributed by atoms with van der Waals surface area (Å²) in [7, 11) is 0. The number of H-pyrrole nitrogens is 1. The zero-order valence-corrected chi connectivity index (χ0v) is 16.3. The normalized spacial score (nSPS) is 11.7. The molecule has 3 aromatic heterocycles. The highest BCUT2D eigenvalue weighted by atomic mass is 16.3. The molecule has 2 aliphatic rings. The quantitative estimate of drug-likeness (QED) is 0.331. The van der Waals surface area contributed by atoms with Crippen LogP contribution in [-0.2, 0) is 0 Å². The standard InChI is InChI=1S/C27H19NO2/c1-2-6-20-10-15-27(26(20)9-3-1)21-18-22(11-13-24-7-4-16-29-24)28-23(19-21)12-14-25-8-5-17-30-25/h1-19H/p+1/b13-11+,14-12+. The molecule has 0 spiro atoms. The molecule has 0 saturated carbocycles. The number of hydrogen-bond donors (Lipinski definition) is 0. The van der Waals surface area contributed by atoms with Gasteiger partial charge in [0.15, 0.2) is 0 Å². The summed E-state index contributed by atoms with van der Waals surface area (Å²) < 4.78 is 10.9. The number of nitrogens with one attached hydrogen (secondary N) is 1. The lowest BCUT2D eigenvalue weighted by molar-refractivity contribution is -0.383. The van der Waals surface area contributed by atoms with E-state index in [1.54, 1.807) is 12.5 Å². The van der Waals surface area contributed by atoms with Gasteiger partial charge in [0.1, 0.15) is 11.5 Å². The predicted molar refractivity (Wildman–Crippen MR) is 120 cm³/mol. The molecule has 3 aromatic rings. The Hall–Kier alpha value is -4.11. The molecule has 0 radical (unpaired) electrons. The molecule has 0 unspecified atom stereocenters. The molecular formula is C27H20NO2+. The van der Waals surface area contributed by atoms with Crippen molar-refractivity contribution < 1.29 is 13.8 Å². The predicted octanol–water partition coefficient (Wildman–Crippen LogP) is 6.80. The summed E-state index contributed by atoms with van der Waals surface area (Å²) in [5.74, 6) is 1.62. The van der Waals surface area contributed by atoms with Crippen LogP contribution in [-0.4, -0.2) is 0 Å². The number of furan rings is 2. The fourth-order valence-electron chi connectivity index (χ4n) is 3.53. The van der Waals surface area contributed by atoms with E-state index in [9.17, 15) is 0 Å². The van der Waals surface area contributed by atoms with Crippen molar-refractivity contribution in [2.45, 2.75) is 0 Å².